The number of piperidine rings is 1. The number of aryl methyl sites for hydroxylation is 1. The van der Waals surface area contributed by atoms with Gasteiger partial charge in [0, 0.05) is 25.7 Å². The number of urea groups is 1. The van der Waals surface area contributed by atoms with Gasteiger partial charge in [0.1, 0.15) is 6.04 Å². The van der Waals surface area contributed by atoms with Crippen LogP contribution in [0.5, 0.6) is 0 Å². The molecule has 1 aliphatic heterocycles. The van der Waals surface area contributed by atoms with Gasteiger partial charge in [0.15, 0.2) is 0 Å². The van der Waals surface area contributed by atoms with Crippen molar-refractivity contribution in [1.29, 1.82) is 0 Å². The number of nitrogens with one attached hydrogen (secondary N) is 2. The maximum Gasteiger partial charge on any atom is 0.315 e. The van der Waals surface area contributed by atoms with Crippen LogP contribution in [0.15, 0.2) is 24.3 Å². The molecule has 1 saturated heterocycles. The molecule has 6 nitrogen and oxygen atoms in total. The Morgan fingerprint density at radius 2 is 1.81 bits per heavy atom. The molecule has 144 valence electrons. The molecule has 1 unspecified atom stereocenters. The molecule has 0 radical (unpaired) electrons. The summed E-state index contributed by atoms with van der Waals surface area (Å²) in [5.41, 5.74) is 8.13. The molecule has 0 aromatic heterocycles. The van der Waals surface area contributed by atoms with Gasteiger partial charge in [-0.1, -0.05) is 43.7 Å². The highest BCUT2D eigenvalue weighted by molar-refractivity contribution is 5.87. The summed E-state index contributed by atoms with van der Waals surface area (Å²) in [6, 6.07) is 7.38. The van der Waals surface area contributed by atoms with Crippen molar-refractivity contribution in [3.63, 3.8) is 0 Å². The van der Waals surface area contributed by atoms with Gasteiger partial charge in [0.05, 0.1) is 0 Å². The van der Waals surface area contributed by atoms with E-state index in [4.69, 9.17) is 5.73 Å². The first-order valence-electron chi connectivity index (χ1n) is 9.49. The third-order valence-electron chi connectivity index (χ3n) is 4.74. The van der Waals surface area contributed by atoms with E-state index < -0.39 is 6.04 Å². The Morgan fingerprint density at radius 1 is 1.19 bits per heavy atom. The third-order valence-corrected chi connectivity index (χ3v) is 4.74. The summed E-state index contributed by atoms with van der Waals surface area (Å²) >= 11 is 0. The molecule has 3 amide bonds. The fourth-order valence-corrected chi connectivity index (χ4v) is 3.13. The highest BCUT2D eigenvalue weighted by Crippen LogP contribution is 2.13. The predicted octanol–water partition coefficient (Wildman–Crippen LogP) is 2.16. The Labute approximate surface area is 156 Å². The molecule has 26 heavy (non-hydrogen) atoms. The molecule has 0 aliphatic carbocycles. The molecule has 0 bridgehead atoms. The summed E-state index contributed by atoms with van der Waals surface area (Å²) in [6.45, 7) is 7.91. The number of amides is 3. The summed E-state index contributed by atoms with van der Waals surface area (Å²) in [6.07, 6.45) is 2.26. The highest BCUT2D eigenvalue weighted by atomic mass is 16.2. The van der Waals surface area contributed by atoms with Crippen LogP contribution in [0.25, 0.3) is 0 Å². The summed E-state index contributed by atoms with van der Waals surface area (Å²) in [5.74, 6) is 0.310. The molecule has 1 aromatic rings. The average molecular weight is 361 g/mol. The Hall–Kier alpha value is -2.08. The summed E-state index contributed by atoms with van der Waals surface area (Å²) in [7, 11) is 0. The van der Waals surface area contributed by atoms with Gasteiger partial charge in [0.2, 0.25) is 5.91 Å². The minimum Gasteiger partial charge on any atom is -0.341 e. The van der Waals surface area contributed by atoms with Crippen molar-refractivity contribution in [2.75, 3.05) is 13.1 Å². The van der Waals surface area contributed by atoms with Crippen molar-refractivity contribution in [3.05, 3.63) is 35.4 Å². The number of benzene rings is 1. The van der Waals surface area contributed by atoms with E-state index in [1.807, 2.05) is 36.1 Å². The van der Waals surface area contributed by atoms with Gasteiger partial charge in [-0.05, 0) is 37.7 Å². The molecule has 1 heterocycles. The topological polar surface area (TPSA) is 87.5 Å². The summed E-state index contributed by atoms with van der Waals surface area (Å²) in [4.78, 5) is 27.0. The van der Waals surface area contributed by atoms with Gasteiger partial charge < -0.3 is 21.3 Å². The van der Waals surface area contributed by atoms with E-state index >= 15 is 0 Å². The van der Waals surface area contributed by atoms with Crippen LogP contribution < -0.4 is 16.4 Å². The van der Waals surface area contributed by atoms with Gasteiger partial charge in [-0.2, -0.15) is 0 Å². The van der Waals surface area contributed by atoms with Crippen molar-refractivity contribution < 1.29 is 9.59 Å². The van der Waals surface area contributed by atoms with Crippen LogP contribution >= 0.6 is 0 Å². The Kier molecular flexibility index (Phi) is 7.45. The largest absolute Gasteiger partial charge is 0.341 e. The van der Waals surface area contributed by atoms with Gasteiger partial charge in [-0.15, -0.1) is 0 Å². The number of carbonyl (C=O) groups excluding carboxylic acids is 2. The second-order valence-corrected chi connectivity index (χ2v) is 7.66. The molecule has 2 rings (SSSR count). The second-order valence-electron chi connectivity index (χ2n) is 7.66. The van der Waals surface area contributed by atoms with Crippen LogP contribution in [0, 0.1) is 12.8 Å². The number of nitrogens with two attached hydrogens (primary N) is 1. The lowest BCUT2D eigenvalue weighted by Gasteiger charge is -2.33. The van der Waals surface area contributed by atoms with E-state index in [1.54, 1.807) is 0 Å². The zero-order valence-electron chi connectivity index (χ0n) is 16.1. The van der Waals surface area contributed by atoms with Gasteiger partial charge >= 0.3 is 6.03 Å². The van der Waals surface area contributed by atoms with Crippen molar-refractivity contribution in [2.24, 2.45) is 11.7 Å². The lowest BCUT2D eigenvalue weighted by atomic mass is 10.0. The molecule has 0 spiro atoms. The lowest BCUT2D eigenvalue weighted by Crippen LogP contribution is -2.54. The van der Waals surface area contributed by atoms with Crippen LogP contribution in [0.3, 0.4) is 0 Å². The minimum absolute atomic E-state index is 0.00362. The van der Waals surface area contributed by atoms with E-state index in [-0.39, 0.29) is 18.0 Å². The van der Waals surface area contributed by atoms with Crippen molar-refractivity contribution >= 4 is 11.9 Å². The Morgan fingerprint density at radius 3 is 2.38 bits per heavy atom. The predicted molar refractivity (Wildman–Crippen MR) is 104 cm³/mol. The number of hydrogen-bond acceptors (Lipinski definition) is 3. The Balaban J connectivity index is 1.90. The number of likely N-dealkylation sites (tertiary alicyclic amines) is 1. The normalized spacial score (nSPS) is 16.4. The second kappa shape index (κ2) is 9.57. The zero-order chi connectivity index (χ0) is 19.1. The van der Waals surface area contributed by atoms with E-state index in [2.05, 4.69) is 24.5 Å². The van der Waals surface area contributed by atoms with Crippen LogP contribution in [-0.4, -0.2) is 42.0 Å². The van der Waals surface area contributed by atoms with Crippen LogP contribution in [0.4, 0.5) is 4.79 Å². The van der Waals surface area contributed by atoms with Crippen molar-refractivity contribution in [3.8, 4) is 0 Å². The van der Waals surface area contributed by atoms with E-state index in [9.17, 15) is 9.59 Å². The molecular weight excluding hydrogens is 328 g/mol. The molecule has 4 N–H and O–H groups in total. The van der Waals surface area contributed by atoms with Gasteiger partial charge in [-0.3, -0.25) is 4.79 Å². The van der Waals surface area contributed by atoms with Gasteiger partial charge in [0.25, 0.3) is 0 Å². The first-order chi connectivity index (χ1) is 12.3. The van der Waals surface area contributed by atoms with Crippen LogP contribution in [0.1, 0.15) is 44.2 Å². The van der Waals surface area contributed by atoms with E-state index in [0.717, 1.165) is 18.4 Å². The average Bonchev–Trinajstić information content (AvgIpc) is 2.60. The Bertz CT molecular complexity index is 592. The van der Waals surface area contributed by atoms with Crippen LogP contribution in [-0.2, 0) is 11.3 Å². The zero-order valence-corrected chi connectivity index (χ0v) is 16.1. The fourth-order valence-electron chi connectivity index (χ4n) is 3.13. The summed E-state index contributed by atoms with van der Waals surface area (Å²) < 4.78 is 0. The number of carbonyl (C=O) groups is 2. The number of rotatable bonds is 6. The van der Waals surface area contributed by atoms with E-state index in [0.29, 0.717) is 32.0 Å². The SMILES string of the molecule is Cc1ccc(CNC(=O)NC(CC(C)C)C(=O)N2CCC(N)CC2)cc1. The molecule has 6 heteroatoms. The minimum atomic E-state index is -0.498. The maximum absolute atomic E-state index is 12.8. The quantitative estimate of drug-likeness (QED) is 0.726. The highest BCUT2D eigenvalue weighted by Gasteiger charge is 2.28. The van der Waals surface area contributed by atoms with E-state index in [1.165, 1.54) is 5.56 Å². The molecular formula is C20H32N4O2. The van der Waals surface area contributed by atoms with Gasteiger partial charge in [-0.25, -0.2) is 4.79 Å². The molecule has 1 aliphatic rings. The molecule has 0 saturated carbocycles. The van der Waals surface area contributed by atoms with Crippen LogP contribution in [0.2, 0.25) is 0 Å². The van der Waals surface area contributed by atoms with Crippen molar-refractivity contribution in [1.82, 2.24) is 15.5 Å². The first-order valence-corrected chi connectivity index (χ1v) is 9.49. The third kappa shape index (κ3) is 6.33. The standard InChI is InChI=1S/C20H32N4O2/c1-14(2)12-18(19(25)24-10-8-17(21)9-11-24)23-20(26)22-13-16-6-4-15(3)5-7-16/h4-7,14,17-18H,8-13,21H2,1-3H3,(H2,22,23,26). The molecule has 1 atom stereocenters. The fraction of sp³-hybridized carbons (Fsp3) is 0.600. The smallest absolute Gasteiger partial charge is 0.315 e. The van der Waals surface area contributed by atoms with Crippen molar-refractivity contribution in [2.45, 2.75) is 58.7 Å². The molecule has 1 aromatic carbocycles. The number of nitrogens with zero attached hydrogens (tertiary/aromatic N) is 1. The first kappa shape index (κ1) is 20.2. The lowest BCUT2D eigenvalue weighted by molar-refractivity contribution is -0.134. The number of hydrogen-bond donors (Lipinski definition) is 3. The maximum atomic E-state index is 12.8. The monoisotopic (exact) mass is 360 g/mol. The summed E-state index contributed by atoms with van der Waals surface area (Å²) in [5, 5.41) is 5.71. The molecule has 1 fully saturated rings.